The third-order valence-electron chi connectivity index (χ3n) is 2.65. The summed E-state index contributed by atoms with van der Waals surface area (Å²) in [6, 6.07) is 5.42. The van der Waals surface area contributed by atoms with Crippen LogP contribution in [0.25, 0.3) is 0 Å². The Labute approximate surface area is 128 Å². The lowest BCUT2D eigenvalue weighted by molar-refractivity contribution is -0.147. The Balaban J connectivity index is 2.48. The van der Waals surface area contributed by atoms with Gasteiger partial charge in [-0.15, -0.1) is 0 Å². The summed E-state index contributed by atoms with van der Waals surface area (Å²) in [7, 11) is 1.51. The topological polar surface area (TPSA) is 90.9 Å². The van der Waals surface area contributed by atoms with Crippen molar-refractivity contribution in [1.82, 2.24) is 5.32 Å². The Morgan fingerprint density at radius 3 is 2.55 bits per heavy atom. The molecule has 1 rings (SSSR count). The van der Waals surface area contributed by atoms with Crippen LogP contribution in [-0.4, -0.2) is 38.3 Å². The van der Waals surface area contributed by atoms with Gasteiger partial charge in [-0.25, -0.2) is 4.79 Å². The minimum absolute atomic E-state index is 0.0302. The van der Waals surface area contributed by atoms with Gasteiger partial charge in [0.1, 0.15) is 5.75 Å². The molecule has 120 valence electrons. The molecule has 2 amide bonds. The van der Waals surface area contributed by atoms with Crippen molar-refractivity contribution in [3.63, 3.8) is 0 Å². The van der Waals surface area contributed by atoms with Gasteiger partial charge >= 0.3 is 12.1 Å². The summed E-state index contributed by atoms with van der Waals surface area (Å²) in [5, 5.41) is 1.93. The number of benzene rings is 1. The first-order valence-corrected chi connectivity index (χ1v) is 6.72. The van der Waals surface area contributed by atoms with E-state index in [0.29, 0.717) is 11.3 Å². The van der Waals surface area contributed by atoms with Gasteiger partial charge in [0, 0.05) is 5.56 Å². The first kappa shape index (κ1) is 17.5. The van der Waals surface area contributed by atoms with Gasteiger partial charge in [0.15, 0.2) is 6.61 Å². The molecule has 0 atom stereocenters. The zero-order chi connectivity index (χ0) is 16.5. The predicted octanol–water partition coefficient (Wildman–Crippen LogP) is 1.36. The van der Waals surface area contributed by atoms with Crippen LogP contribution >= 0.6 is 0 Å². The fourth-order valence-electron chi connectivity index (χ4n) is 1.72. The van der Waals surface area contributed by atoms with Crippen LogP contribution in [0.3, 0.4) is 0 Å². The van der Waals surface area contributed by atoms with Crippen LogP contribution in [-0.2, 0) is 25.5 Å². The van der Waals surface area contributed by atoms with E-state index in [9.17, 15) is 14.4 Å². The van der Waals surface area contributed by atoms with Crippen LogP contribution < -0.4 is 10.1 Å². The van der Waals surface area contributed by atoms with Crippen molar-refractivity contribution >= 4 is 18.0 Å². The third-order valence-corrected chi connectivity index (χ3v) is 2.65. The SMILES string of the molecule is CCOC(=O)NC(=O)COC(=O)Cc1cc(C)ccc1OC. The van der Waals surface area contributed by atoms with Gasteiger partial charge in [-0.05, 0) is 19.9 Å². The first-order valence-electron chi connectivity index (χ1n) is 6.72. The highest BCUT2D eigenvalue weighted by molar-refractivity contribution is 5.93. The number of methoxy groups -OCH3 is 1. The Morgan fingerprint density at radius 1 is 1.18 bits per heavy atom. The van der Waals surface area contributed by atoms with E-state index in [0.717, 1.165) is 5.56 Å². The average Bonchev–Trinajstić information content (AvgIpc) is 2.45. The van der Waals surface area contributed by atoms with Crippen molar-refractivity contribution in [2.45, 2.75) is 20.3 Å². The van der Waals surface area contributed by atoms with Gasteiger partial charge in [-0.2, -0.15) is 0 Å². The number of alkyl carbamates (subject to hydrolysis) is 1. The highest BCUT2D eigenvalue weighted by Gasteiger charge is 2.14. The van der Waals surface area contributed by atoms with Crippen LogP contribution in [0.5, 0.6) is 5.75 Å². The van der Waals surface area contributed by atoms with E-state index < -0.39 is 24.6 Å². The number of hydrogen-bond donors (Lipinski definition) is 1. The quantitative estimate of drug-likeness (QED) is 0.798. The van der Waals surface area contributed by atoms with Crippen LogP contribution in [0.4, 0.5) is 4.79 Å². The molecule has 0 unspecified atom stereocenters. The van der Waals surface area contributed by atoms with Gasteiger partial charge in [-0.3, -0.25) is 14.9 Å². The molecule has 7 nitrogen and oxygen atoms in total. The standard InChI is InChI=1S/C15H19NO6/c1-4-21-15(19)16-13(17)9-22-14(18)8-11-7-10(2)5-6-12(11)20-3/h5-7H,4,8-9H2,1-3H3,(H,16,17,19). The Morgan fingerprint density at radius 2 is 1.91 bits per heavy atom. The molecule has 0 fully saturated rings. The molecule has 22 heavy (non-hydrogen) atoms. The largest absolute Gasteiger partial charge is 0.496 e. The van der Waals surface area contributed by atoms with Crippen molar-refractivity contribution in [3.05, 3.63) is 29.3 Å². The number of aryl methyl sites for hydroxylation is 1. The molecule has 0 saturated heterocycles. The first-order chi connectivity index (χ1) is 10.5. The van der Waals surface area contributed by atoms with Crippen LogP contribution in [0.1, 0.15) is 18.1 Å². The lowest BCUT2D eigenvalue weighted by atomic mass is 10.1. The second kappa shape index (κ2) is 8.66. The van der Waals surface area contributed by atoms with Gasteiger partial charge < -0.3 is 14.2 Å². The van der Waals surface area contributed by atoms with Crippen molar-refractivity contribution in [1.29, 1.82) is 0 Å². The number of amides is 2. The molecule has 7 heteroatoms. The van der Waals surface area contributed by atoms with Crippen LogP contribution in [0, 0.1) is 6.92 Å². The fraction of sp³-hybridized carbons (Fsp3) is 0.400. The molecular weight excluding hydrogens is 290 g/mol. The Bertz CT molecular complexity index is 555. The molecule has 0 spiro atoms. The highest BCUT2D eigenvalue weighted by Crippen LogP contribution is 2.20. The summed E-state index contributed by atoms with van der Waals surface area (Å²) in [6.07, 6.45) is -0.902. The van der Waals surface area contributed by atoms with E-state index in [2.05, 4.69) is 4.74 Å². The van der Waals surface area contributed by atoms with E-state index in [-0.39, 0.29) is 13.0 Å². The smallest absolute Gasteiger partial charge is 0.413 e. The number of nitrogens with one attached hydrogen (secondary N) is 1. The normalized spacial score (nSPS) is 9.77. The second-order valence-corrected chi connectivity index (χ2v) is 4.42. The molecule has 0 aliphatic rings. The average molecular weight is 309 g/mol. The molecule has 0 radical (unpaired) electrons. The lowest BCUT2D eigenvalue weighted by Gasteiger charge is -2.09. The summed E-state index contributed by atoms with van der Waals surface area (Å²) in [6.45, 7) is 3.10. The zero-order valence-corrected chi connectivity index (χ0v) is 12.8. The summed E-state index contributed by atoms with van der Waals surface area (Å²) in [5.41, 5.74) is 1.64. The van der Waals surface area contributed by atoms with Crippen molar-refractivity contribution in [3.8, 4) is 5.75 Å². The van der Waals surface area contributed by atoms with E-state index in [1.807, 2.05) is 18.3 Å². The maximum atomic E-state index is 11.7. The molecule has 1 aromatic rings. The van der Waals surface area contributed by atoms with Crippen molar-refractivity contribution in [2.24, 2.45) is 0 Å². The van der Waals surface area contributed by atoms with Gasteiger partial charge in [0.2, 0.25) is 0 Å². The Hall–Kier alpha value is -2.57. The number of carbonyl (C=O) groups is 3. The monoisotopic (exact) mass is 309 g/mol. The van der Waals surface area contributed by atoms with E-state index >= 15 is 0 Å². The van der Waals surface area contributed by atoms with Crippen LogP contribution in [0.15, 0.2) is 18.2 Å². The number of carbonyl (C=O) groups excluding carboxylic acids is 3. The maximum absolute atomic E-state index is 11.7. The van der Waals surface area contributed by atoms with Crippen LogP contribution in [0.2, 0.25) is 0 Å². The number of esters is 1. The van der Waals surface area contributed by atoms with Crippen molar-refractivity contribution in [2.75, 3.05) is 20.3 Å². The number of rotatable bonds is 6. The van der Waals surface area contributed by atoms with Gasteiger partial charge in [-0.1, -0.05) is 17.7 Å². The van der Waals surface area contributed by atoms with E-state index in [1.54, 1.807) is 19.1 Å². The minimum Gasteiger partial charge on any atom is -0.496 e. The third kappa shape index (κ3) is 5.82. The molecular formula is C15H19NO6. The van der Waals surface area contributed by atoms with E-state index in [1.165, 1.54) is 7.11 Å². The zero-order valence-electron chi connectivity index (χ0n) is 12.8. The molecule has 1 N–H and O–H groups in total. The molecule has 0 aliphatic heterocycles. The predicted molar refractivity (Wildman–Crippen MR) is 77.6 cm³/mol. The summed E-state index contributed by atoms with van der Waals surface area (Å²) in [5.74, 6) is -0.774. The van der Waals surface area contributed by atoms with Gasteiger partial charge in [0.25, 0.3) is 5.91 Å². The molecule has 1 aromatic carbocycles. The summed E-state index contributed by atoms with van der Waals surface area (Å²) in [4.78, 5) is 34.1. The second-order valence-electron chi connectivity index (χ2n) is 4.42. The maximum Gasteiger partial charge on any atom is 0.413 e. The summed E-state index contributed by atoms with van der Waals surface area (Å²) >= 11 is 0. The number of ether oxygens (including phenoxy) is 3. The molecule has 0 bridgehead atoms. The highest BCUT2D eigenvalue weighted by atomic mass is 16.6. The summed E-state index contributed by atoms with van der Waals surface area (Å²) < 4.78 is 14.5. The molecule has 0 heterocycles. The number of hydrogen-bond acceptors (Lipinski definition) is 6. The lowest BCUT2D eigenvalue weighted by Crippen LogP contribution is -2.34. The Kier molecular flexibility index (Phi) is 6.88. The number of imide groups is 1. The fourth-order valence-corrected chi connectivity index (χ4v) is 1.72. The van der Waals surface area contributed by atoms with Gasteiger partial charge in [0.05, 0.1) is 20.1 Å². The molecule has 0 saturated carbocycles. The van der Waals surface area contributed by atoms with E-state index in [4.69, 9.17) is 9.47 Å². The minimum atomic E-state index is -0.871. The molecule has 0 aliphatic carbocycles. The van der Waals surface area contributed by atoms with Crippen molar-refractivity contribution < 1.29 is 28.6 Å². The molecule has 0 aromatic heterocycles.